The molecule has 7 heteroatoms. The number of thiazole rings is 1. The lowest BCUT2D eigenvalue weighted by atomic mass is 9.93. The van der Waals surface area contributed by atoms with Crippen LogP contribution in [0.4, 0.5) is 0 Å². The average Bonchev–Trinajstić information content (AvgIpc) is 3.47. The smallest absolute Gasteiger partial charge is 0.222 e. The van der Waals surface area contributed by atoms with Crippen LogP contribution in [0.15, 0.2) is 23.6 Å². The van der Waals surface area contributed by atoms with Crippen LogP contribution in [0.3, 0.4) is 0 Å². The second kappa shape index (κ2) is 9.79. The van der Waals surface area contributed by atoms with E-state index in [1.165, 1.54) is 12.8 Å². The Hall–Kier alpha value is -2.12. The lowest BCUT2D eigenvalue weighted by Gasteiger charge is -2.31. The van der Waals surface area contributed by atoms with Gasteiger partial charge in [0, 0.05) is 37.5 Å². The number of amides is 1. The van der Waals surface area contributed by atoms with E-state index in [-0.39, 0.29) is 0 Å². The number of nitrogens with zero attached hydrogens (tertiary/aromatic N) is 3. The maximum absolute atomic E-state index is 12.4. The monoisotopic (exact) mass is 429 g/mol. The Labute approximate surface area is 182 Å². The largest absolute Gasteiger partial charge is 0.497 e. The quantitative estimate of drug-likeness (QED) is 0.665. The molecule has 2 aromatic rings. The fourth-order valence-corrected chi connectivity index (χ4v) is 5.24. The van der Waals surface area contributed by atoms with Crippen molar-refractivity contribution in [2.75, 3.05) is 40.4 Å². The average molecular weight is 430 g/mol. The Morgan fingerprint density at radius 3 is 2.60 bits per heavy atom. The van der Waals surface area contributed by atoms with Crippen LogP contribution < -0.4 is 9.47 Å². The summed E-state index contributed by atoms with van der Waals surface area (Å²) in [5.41, 5.74) is 2.09. The summed E-state index contributed by atoms with van der Waals surface area (Å²) in [6.45, 7) is 4.86. The molecule has 0 N–H and O–H groups in total. The lowest BCUT2D eigenvalue weighted by Crippen LogP contribution is -2.36. The number of benzene rings is 1. The minimum Gasteiger partial charge on any atom is -0.497 e. The van der Waals surface area contributed by atoms with Gasteiger partial charge in [-0.2, -0.15) is 0 Å². The molecule has 30 heavy (non-hydrogen) atoms. The van der Waals surface area contributed by atoms with Gasteiger partial charge in [0.05, 0.1) is 25.5 Å². The summed E-state index contributed by atoms with van der Waals surface area (Å²) in [4.78, 5) is 21.8. The van der Waals surface area contributed by atoms with Crippen LogP contribution in [0.1, 0.15) is 37.8 Å². The molecular formula is C23H31N3O3S. The van der Waals surface area contributed by atoms with Gasteiger partial charge < -0.3 is 14.4 Å². The highest BCUT2D eigenvalue weighted by molar-refractivity contribution is 7.13. The van der Waals surface area contributed by atoms with Crippen LogP contribution in [0, 0.1) is 5.92 Å². The van der Waals surface area contributed by atoms with Gasteiger partial charge in [-0.3, -0.25) is 9.69 Å². The van der Waals surface area contributed by atoms with Gasteiger partial charge >= 0.3 is 0 Å². The number of carbonyl (C=O) groups is 1. The zero-order valence-electron chi connectivity index (χ0n) is 17.9. The first-order chi connectivity index (χ1) is 14.7. The molecule has 0 unspecified atom stereocenters. The summed E-state index contributed by atoms with van der Waals surface area (Å²) < 4.78 is 10.8. The van der Waals surface area contributed by atoms with E-state index in [0.29, 0.717) is 11.8 Å². The van der Waals surface area contributed by atoms with E-state index in [1.807, 2.05) is 18.2 Å². The molecule has 0 bridgehead atoms. The van der Waals surface area contributed by atoms with Gasteiger partial charge in [-0.1, -0.05) is 0 Å². The number of hydrogen-bond acceptors (Lipinski definition) is 6. The van der Waals surface area contributed by atoms with Crippen molar-refractivity contribution in [1.29, 1.82) is 0 Å². The van der Waals surface area contributed by atoms with Crippen LogP contribution >= 0.6 is 11.3 Å². The molecule has 2 fully saturated rings. The van der Waals surface area contributed by atoms with Crippen molar-refractivity contribution in [3.05, 3.63) is 29.3 Å². The van der Waals surface area contributed by atoms with E-state index >= 15 is 0 Å². The topological polar surface area (TPSA) is 54.9 Å². The van der Waals surface area contributed by atoms with Crippen molar-refractivity contribution in [2.45, 2.75) is 38.6 Å². The summed E-state index contributed by atoms with van der Waals surface area (Å²) in [6.07, 6.45) is 5.27. The van der Waals surface area contributed by atoms with Gasteiger partial charge in [0.15, 0.2) is 0 Å². The molecule has 162 valence electrons. The van der Waals surface area contributed by atoms with Gasteiger partial charge in [0.2, 0.25) is 5.91 Å². The number of piperidine rings is 1. The van der Waals surface area contributed by atoms with E-state index in [4.69, 9.17) is 14.5 Å². The van der Waals surface area contributed by atoms with Crippen molar-refractivity contribution >= 4 is 17.2 Å². The fraction of sp³-hybridized carbons (Fsp3) is 0.565. The SMILES string of the molecule is COc1ccc(-c2nc(CN3CCC(CC(=O)N4CCCC4)CC3)cs2)c(OC)c1. The molecule has 0 saturated carbocycles. The van der Waals surface area contributed by atoms with Crippen LogP contribution in [-0.4, -0.2) is 61.1 Å². The molecule has 6 nitrogen and oxygen atoms in total. The van der Waals surface area contributed by atoms with Crippen molar-refractivity contribution in [2.24, 2.45) is 5.92 Å². The van der Waals surface area contributed by atoms with Crippen molar-refractivity contribution < 1.29 is 14.3 Å². The van der Waals surface area contributed by atoms with E-state index in [9.17, 15) is 4.79 Å². The number of aromatic nitrogens is 1. The Bertz CT molecular complexity index is 855. The first kappa shape index (κ1) is 21.1. The molecule has 2 aliphatic rings. The van der Waals surface area contributed by atoms with Crippen molar-refractivity contribution in [3.63, 3.8) is 0 Å². The van der Waals surface area contributed by atoms with Crippen LogP contribution in [0.2, 0.25) is 0 Å². The first-order valence-corrected chi connectivity index (χ1v) is 11.7. The van der Waals surface area contributed by atoms with Crippen molar-refractivity contribution in [1.82, 2.24) is 14.8 Å². The molecular weight excluding hydrogens is 398 g/mol. The summed E-state index contributed by atoms with van der Waals surface area (Å²) in [5.74, 6) is 2.45. The van der Waals surface area contributed by atoms with Crippen molar-refractivity contribution in [3.8, 4) is 22.1 Å². The van der Waals surface area contributed by atoms with Gasteiger partial charge in [-0.05, 0) is 56.8 Å². The molecule has 0 radical (unpaired) electrons. The predicted octanol–water partition coefficient (Wildman–Crippen LogP) is 4.05. The van der Waals surface area contributed by atoms with E-state index in [1.54, 1.807) is 25.6 Å². The zero-order valence-corrected chi connectivity index (χ0v) is 18.7. The van der Waals surface area contributed by atoms with E-state index in [0.717, 1.165) is 79.8 Å². The normalized spacial score (nSPS) is 18.0. The number of likely N-dealkylation sites (tertiary alicyclic amines) is 2. The standard InChI is InChI=1S/C23H31N3O3S/c1-28-19-5-6-20(21(14-19)29-2)23-24-18(16-30-23)15-25-11-7-17(8-12-25)13-22(27)26-9-3-4-10-26/h5-6,14,16-17H,3-4,7-13,15H2,1-2H3. The van der Waals surface area contributed by atoms with E-state index in [2.05, 4.69) is 15.2 Å². The molecule has 1 aromatic carbocycles. The van der Waals surface area contributed by atoms with Crippen LogP contribution in [-0.2, 0) is 11.3 Å². The number of hydrogen-bond donors (Lipinski definition) is 0. The molecule has 0 aliphatic carbocycles. The van der Waals surface area contributed by atoms with Gasteiger partial charge in [0.25, 0.3) is 0 Å². The Balaban J connectivity index is 1.30. The predicted molar refractivity (Wildman–Crippen MR) is 119 cm³/mol. The molecule has 0 spiro atoms. The minimum absolute atomic E-state index is 0.364. The third-order valence-corrected chi connectivity index (χ3v) is 7.13. The maximum Gasteiger partial charge on any atom is 0.222 e. The summed E-state index contributed by atoms with van der Waals surface area (Å²) in [5, 5.41) is 3.11. The second-order valence-corrected chi connectivity index (χ2v) is 9.08. The maximum atomic E-state index is 12.4. The summed E-state index contributed by atoms with van der Waals surface area (Å²) >= 11 is 1.65. The highest BCUT2D eigenvalue weighted by Gasteiger charge is 2.25. The third kappa shape index (κ3) is 4.95. The lowest BCUT2D eigenvalue weighted by molar-refractivity contribution is -0.131. The van der Waals surface area contributed by atoms with Gasteiger partial charge in [-0.25, -0.2) is 4.98 Å². The highest BCUT2D eigenvalue weighted by Crippen LogP contribution is 2.35. The number of ether oxygens (including phenoxy) is 2. The van der Waals surface area contributed by atoms with Crippen LogP contribution in [0.25, 0.3) is 10.6 Å². The number of methoxy groups -OCH3 is 2. The Morgan fingerprint density at radius 1 is 1.13 bits per heavy atom. The molecule has 1 amide bonds. The number of rotatable bonds is 7. The second-order valence-electron chi connectivity index (χ2n) is 8.22. The molecule has 2 aliphatic heterocycles. The van der Waals surface area contributed by atoms with E-state index < -0.39 is 0 Å². The van der Waals surface area contributed by atoms with Gasteiger partial charge in [-0.15, -0.1) is 11.3 Å². The van der Waals surface area contributed by atoms with Gasteiger partial charge in [0.1, 0.15) is 16.5 Å². The molecule has 1 aromatic heterocycles. The molecule has 4 rings (SSSR count). The third-order valence-electron chi connectivity index (χ3n) is 6.21. The molecule has 3 heterocycles. The summed E-state index contributed by atoms with van der Waals surface area (Å²) in [7, 11) is 3.33. The minimum atomic E-state index is 0.364. The number of carbonyl (C=O) groups excluding carboxylic acids is 1. The Morgan fingerprint density at radius 2 is 1.90 bits per heavy atom. The van der Waals surface area contributed by atoms with Crippen LogP contribution in [0.5, 0.6) is 11.5 Å². The highest BCUT2D eigenvalue weighted by atomic mass is 32.1. The summed E-state index contributed by atoms with van der Waals surface area (Å²) in [6, 6.07) is 5.83. The molecule has 0 atom stereocenters. The Kier molecular flexibility index (Phi) is 6.89. The fourth-order valence-electron chi connectivity index (χ4n) is 4.40. The zero-order chi connectivity index (χ0) is 20.9. The molecule has 2 saturated heterocycles. The first-order valence-electron chi connectivity index (χ1n) is 10.8.